The monoisotopic (exact) mass is 706 g/mol. The van der Waals surface area contributed by atoms with Gasteiger partial charge in [-0.05, 0) is 142 Å². The predicted molar refractivity (Wildman–Crippen MR) is 163 cm³/mol. The average molecular weight is 706 g/mol. The molecule has 3 fully saturated rings. The van der Waals surface area contributed by atoms with Gasteiger partial charge < -0.3 is 4.18 Å². The van der Waals surface area contributed by atoms with Crippen molar-refractivity contribution in [2.75, 3.05) is 0 Å². The molecular formula is C28H37I2OPS. The maximum atomic E-state index is 6.23. The molecule has 0 spiro atoms. The summed E-state index contributed by atoms with van der Waals surface area (Å²) >= 11 is 6.72. The summed E-state index contributed by atoms with van der Waals surface area (Å²) in [5.41, 5.74) is 4.05. The fourth-order valence-electron chi connectivity index (χ4n) is 8.23. The number of hydrogen-bond acceptors (Lipinski definition) is 2. The second kappa shape index (κ2) is 10.7. The Balaban J connectivity index is 1.27. The van der Waals surface area contributed by atoms with Gasteiger partial charge in [0.2, 0.25) is 0 Å². The van der Waals surface area contributed by atoms with Crippen molar-refractivity contribution >= 4 is 64.2 Å². The van der Waals surface area contributed by atoms with Gasteiger partial charge in [-0.3, -0.25) is 0 Å². The van der Waals surface area contributed by atoms with Crippen LogP contribution in [0.5, 0.6) is 0 Å². The zero-order chi connectivity index (χ0) is 23.1. The third-order valence-electron chi connectivity index (χ3n) is 10.0. The molecule has 5 heteroatoms. The number of halogens is 2. The molecule has 7 unspecified atom stereocenters. The molecule has 0 saturated heterocycles. The summed E-state index contributed by atoms with van der Waals surface area (Å²) < 4.78 is 6.13. The second-order valence-corrected chi connectivity index (χ2v) is 28.9. The topological polar surface area (TPSA) is 9.23 Å². The molecule has 0 amide bonds. The Morgan fingerprint density at radius 1 is 1.06 bits per heavy atom. The largest absolute Gasteiger partial charge is 0.306 e. The lowest BCUT2D eigenvalue weighted by Crippen LogP contribution is -2.50. The first-order valence-electron chi connectivity index (χ1n) is 12.8. The molecule has 4 aliphatic rings. The number of rotatable bonds is 6. The summed E-state index contributed by atoms with van der Waals surface area (Å²) in [5.74, 6) is 3.59. The standard InChI is InChI=1S/C28H37I2OPS/c1-27-18-16-26-24(13-11-22-19-23(31-33-32(29)30)15-17-28(22,26)2)25(27)14-12-21(27)10-6-9-20-7-4-3-5-8-20/h3-9,11,21,23-26H,10,12-19H2,1-2H3/b9-6+. The molecule has 0 bridgehead atoms. The Morgan fingerprint density at radius 3 is 2.67 bits per heavy atom. The lowest BCUT2D eigenvalue weighted by molar-refractivity contribution is -0.0466. The molecule has 0 aromatic heterocycles. The van der Waals surface area contributed by atoms with E-state index < -0.39 is 0 Å². The normalized spacial score (nSPS) is 40.4. The van der Waals surface area contributed by atoms with E-state index in [4.69, 9.17) is 4.18 Å². The second-order valence-electron chi connectivity index (χ2n) is 11.4. The van der Waals surface area contributed by atoms with Crippen molar-refractivity contribution in [3.05, 3.63) is 53.6 Å². The molecule has 7 atom stereocenters. The van der Waals surface area contributed by atoms with Crippen molar-refractivity contribution in [3.63, 3.8) is 0 Å². The number of benzene rings is 1. The van der Waals surface area contributed by atoms with Crippen LogP contribution in [0.15, 0.2) is 48.1 Å². The third kappa shape index (κ3) is 5.18. The van der Waals surface area contributed by atoms with Crippen LogP contribution in [0.3, 0.4) is 0 Å². The first kappa shape index (κ1) is 25.5. The van der Waals surface area contributed by atoms with Gasteiger partial charge in [-0.2, -0.15) is 0 Å². The van der Waals surface area contributed by atoms with Crippen molar-refractivity contribution in [1.29, 1.82) is 0 Å². The SMILES string of the molecule is CC12CCC(OSP(I)I)CC1=CCC1C2CCC2(C)C(C/C=C/c3ccccc3)CCC12. The Hall–Kier alpha value is 0.900. The molecule has 3 saturated carbocycles. The van der Waals surface area contributed by atoms with Crippen molar-refractivity contribution in [3.8, 4) is 0 Å². The zero-order valence-electron chi connectivity index (χ0n) is 19.9. The maximum Gasteiger partial charge on any atom is 0.113 e. The highest BCUT2D eigenvalue weighted by molar-refractivity contribution is 14.3. The molecule has 33 heavy (non-hydrogen) atoms. The van der Waals surface area contributed by atoms with Crippen LogP contribution in [-0.2, 0) is 4.18 Å². The average Bonchev–Trinajstić information content (AvgIpc) is 3.14. The van der Waals surface area contributed by atoms with Crippen LogP contribution in [0.2, 0.25) is 0 Å². The number of fused-ring (bicyclic) bond motifs is 5. The first-order chi connectivity index (χ1) is 15.9. The van der Waals surface area contributed by atoms with Crippen LogP contribution < -0.4 is 0 Å². The van der Waals surface area contributed by atoms with Gasteiger partial charge in [0.25, 0.3) is 0 Å². The van der Waals surface area contributed by atoms with Gasteiger partial charge in [-0.25, -0.2) is 0 Å². The Morgan fingerprint density at radius 2 is 1.88 bits per heavy atom. The molecule has 5 rings (SSSR count). The molecular weight excluding hydrogens is 669 g/mol. The van der Waals surface area contributed by atoms with Gasteiger partial charge in [0.1, 0.15) is 2.41 Å². The number of hydrogen-bond donors (Lipinski definition) is 0. The molecule has 0 N–H and O–H groups in total. The van der Waals surface area contributed by atoms with E-state index in [0.717, 1.165) is 23.7 Å². The summed E-state index contributed by atoms with van der Waals surface area (Å²) in [7, 11) is 0. The highest BCUT2D eigenvalue weighted by atomic mass is 127. The van der Waals surface area contributed by atoms with E-state index >= 15 is 0 Å². The van der Waals surface area contributed by atoms with Crippen LogP contribution in [-0.4, -0.2) is 6.10 Å². The first-order valence-corrected chi connectivity index (χ1v) is 21.0. The van der Waals surface area contributed by atoms with Crippen LogP contribution in [0, 0.1) is 34.5 Å². The van der Waals surface area contributed by atoms with E-state index in [-0.39, 0.29) is 2.41 Å². The Labute approximate surface area is 232 Å². The summed E-state index contributed by atoms with van der Waals surface area (Å²) in [6.45, 7) is 5.29. The predicted octanol–water partition coefficient (Wildman–Crippen LogP) is 10.8. The van der Waals surface area contributed by atoms with Crippen LogP contribution >= 0.6 is 58.2 Å². The third-order valence-corrected chi connectivity index (χ3v) is 14.0. The van der Waals surface area contributed by atoms with E-state index in [2.05, 4.69) is 106 Å². The van der Waals surface area contributed by atoms with Crippen molar-refractivity contribution < 1.29 is 4.18 Å². The molecule has 0 heterocycles. The fraction of sp³-hybridized carbons (Fsp3) is 0.643. The van der Waals surface area contributed by atoms with Gasteiger partial charge in [0, 0.05) is 11.7 Å². The molecule has 4 aliphatic carbocycles. The van der Waals surface area contributed by atoms with E-state index in [9.17, 15) is 0 Å². The maximum absolute atomic E-state index is 6.23. The molecule has 1 aromatic carbocycles. The fourth-order valence-corrected chi connectivity index (χ4v) is 10.8. The lowest BCUT2D eigenvalue weighted by atomic mass is 9.47. The summed E-state index contributed by atoms with van der Waals surface area (Å²) in [4.78, 5) is 0. The smallest absolute Gasteiger partial charge is 0.113 e. The molecule has 1 nitrogen and oxygen atoms in total. The molecule has 1 aromatic rings. The molecule has 180 valence electrons. The highest BCUT2D eigenvalue weighted by Crippen LogP contribution is 2.68. The van der Waals surface area contributed by atoms with E-state index in [1.165, 1.54) is 63.4 Å². The number of allylic oxidation sites excluding steroid dienone is 2. The minimum Gasteiger partial charge on any atom is -0.306 e. The van der Waals surface area contributed by atoms with E-state index in [1.807, 2.05) is 0 Å². The summed E-state index contributed by atoms with van der Waals surface area (Å²) in [6, 6.07) is 10.8. The van der Waals surface area contributed by atoms with Gasteiger partial charge in [-0.1, -0.05) is 68.0 Å². The van der Waals surface area contributed by atoms with Gasteiger partial charge >= 0.3 is 0 Å². The van der Waals surface area contributed by atoms with Crippen LogP contribution in [0.25, 0.3) is 6.08 Å². The Bertz CT molecular complexity index is 889. The zero-order valence-corrected chi connectivity index (χ0v) is 25.9. The van der Waals surface area contributed by atoms with Gasteiger partial charge in [0.15, 0.2) is 0 Å². The van der Waals surface area contributed by atoms with Gasteiger partial charge in [0.05, 0.1) is 6.10 Å². The van der Waals surface area contributed by atoms with Gasteiger partial charge in [-0.15, -0.1) is 0 Å². The van der Waals surface area contributed by atoms with E-state index in [0.29, 0.717) is 16.9 Å². The Kier molecular flexibility index (Phi) is 8.29. The quantitative estimate of drug-likeness (QED) is 0.126. The van der Waals surface area contributed by atoms with Crippen molar-refractivity contribution in [2.24, 2.45) is 34.5 Å². The lowest BCUT2D eigenvalue weighted by Gasteiger charge is -2.58. The van der Waals surface area contributed by atoms with Crippen LogP contribution in [0.4, 0.5) is 0 Å². The minimum atomic E-state index is -0.0943. The highest BCUT2D eigenvalue weighted by Gasteiger charge is 2.58. The van der Waals surface area contributed by atoms with E-state index in [1.54, 1.807) is 17.2 Å². The summed E-state index contributed by atoms with van der Waals surface area (Å²) in [5, 5.41) is 0. The minimum absolute atomic E-state index is 0.0943. The molecule has 0 aliphatic heterocycles. The summed E-state index contributed by atoms with van der Waals surface area (Å²) in [6.07, 6.45) is 20.0. The molecule has 0 radical (unpaired) electrons. The van der Waals surface area contributed by atoms with Crippen molar-refractivity contribution in [2.45, 2.75) is 77.7 Å². The van der Waals surface area contributed by atoms with Crippen LogP contribution in [0.1, 0.15) is 77.2 Å². The van der Waals surface area contributed by atoms with Crippen molar-refractivity contribution in [1.82, 2.24) is 0 Å².